The molecule has 0 aromatic carbocycles. The van der Waals surface area contributed by atoms with Crippen LogP contribution in [0.2, 0.25) is 0 Å². The van der Waals surface area contributed by atoms with E-state index in [2.05, 4.69) is 9.78 Å². The fourth-order valence-corrected chi connectivity index (χ4v) is 47.2. The van der Waals surface area contributed by atoms with Crippen molar-refractivity contribution in [1.29, 1.82) is 0 Å². The van der Waals surface area contributed by atoms with Crippen molar-refractivity contribution >= 4 is 11.5 Å². The summed E-state index contributed by atoms with van der Waals surface area (Å²) in [5, 5.41) is 0. The third-order valence-electron chi connectivity index (χ3n) is 3.78. The molecule has 0 atom stereocenters. The summed E-state index contributed by atoms with van der Waals surface area (Å²) in [4.78, 5) is 0. The predicted molar refractivity (Wildman–Crippen MR) is 99.9 cm³/mol. The number of hydrogen-bond acceptors (Lipinski definition) is 3. The van der Waals surface area contributed by atoms with Crippen LogP contribution in [0.1, 0.15) is 68.7 Å². The summed E-state index contributed by atoms with van der Waals surface area (Å²) in [6, 6.07) is 0. The van der Waals surface area contributed by atoms with E-state index in [4.69, 9.17) is 0 Å². The van der Waals surface area contributed by atoms with E-state index in [1.165, 1.54) is 0 Å². The quantitative estimate of drug-likeness (QED) is 0.515. The Balaban J connectivity index is 3.75. The number of hydrogen-bond donors (Lipinski definition) is 3. The van der Waals surface area contributed by atoms with E-state index in [0.717, 1.165) is 3.28 Å². The van der Waals surface area contributed by atoms with Gasteiger partial charge in [0.1, 0.15) is 0 Å². The maximum atomic E-state index is 15.3. The number of rotatable bonds is 5. The molecule has 0 fully saturated rings. The van der Waals surface area contributed by atoms with Crippen molar-refractivity contribution in [3.8, 4) is 0 Å². The average molecular weight is 484 g/mol. The second-order valence-electron chi connectivity index (χ2n) is 10.1. The van der Waals surface area contributed by atoms with Gasteiger partial charge in [-0.25, -0.2) is 0 Å². The first-order valence-corrected chi connectivity index (χ1v) is 24.0. The molecule has 0 aromatic heterocycles. The molecule has 0 saturated heterocycles. The zero-order chi connectivity index (χ0) is 19.1. The predicted octanol–water partition coefficient (Wildman–Crippen LogP) is 4.09. The number of allylic oxidation sites excluding steroid dienone is 4. The second kappa shape index (κ2) is 6.99. The molecule has 141 valence electrons. The first-order valence-electron chi connectivity index (χ1n) is 8.69. The van der Waals surface area contributed by atoms with Gasteiger partial charge in [0.15, 0.2) is 0 Å². The number of nitrogens with one attached hydrogen (secondary N) is 3. The number of halogens is 2. The van der Waals surface area contributed by atoms with Gasteiger partial charge in [-0.3, -0.25) is 0 Å². The molecule has 0 unspecified atom stereocenters. The average Bonchev–Trinajstić information content (AvgIpc) is 2.74. The molecule has 0 spiro atoms. The normalized spacial score (nSPS) is 18.7. The van der Waals surface area contributed by atoms with Crippen molar-refractivity contribution in [2.24, 2.45) is 0 Å². The molecule has 0 aliphatic heterocycles. The van der Waals surface area contributed by atoms with Crippen molar-refractivity contribution in [3.63, 3.8) is 0 Å². The standard InChI is InChI=1S/C5H5.3C4H10N.F2GeH.Zr/c1-2-4-5-3-1;3*1-4(2,3)5;1-3-2;/h1-3H,4H2;3*5H,1-3H3;3H;/q;3*-1;;+3. The fraction of sp³-hybridized carbons (Fsp3) is 0.765. The van der Waals surface area contributed by atoms with Crippen molar-refractivity contribution in [3.05, 3.63) is 21.5 Å². The Labute approximate surface area is 151 Å². The molecule has 3 nitrogen and oxygen atoms in total. The summed E-state index contributed by atoms with van der Waals surface area (Å²) in [7, 11) is 0. The van der Waals surface area contributed by atoms with E-state index in [1.807, 2.05) is 80.5 Å². The molecular weight excluding hydrogens is 448 g/mol. The molecular formula is C17H36F2GeN3Zr. The van der Waals surface area contributed by atoms with Crippen LogP contribution in [0.4, 0.5) is 7.00 Å². The van der Waals surface area contributed by atoms with Gasteiger partial charge in [0.25, 0.3) is 0 Å². The molecule has 7 heteroatoms. The van der Waals surface area contributed by atoms with Gasteiger partial charge >= 0.3 is 152 Å². The van der Waals surface area contributed by atoms with Gasteiger partial charge in [-0.05, 0) is 0 Å². The van der Waals surface area contributed by atoms with Crippen LogP contribution in [0.15, 0.2) is 21.5 Å². The van der Waals surface area contributed by atoms with Gasteiger partial charge in [0, 0.05) is 0 Å². The summed E-state index contributed by atoms with van der Waals surface area (Å²) >= 11 is -9.89. The first-order chi connectivity index (χ1) is 10.5. The fourth-order valence-electron chi connectivity index (χ4n) is 3.81. The van der Waals surface area contributed by atoms with Crippen LogP contribution < -0.4 is 9.78 Å². The zero-order valence-electron chi connectivity index (χ0n) is 16.8. The van der Waals surface area contributed by atoms with Crippen LogP contribution in [0.5, 0.6) is 0 Å². The van der Waals surface area contributed by atoms with Gasteiger partial charge in [-0.15, -0.1) is 0 Å². The molecule has 0 saturated carbocycles. The summed E-state index contributed by atoms with van der Waals surface area (Å²) in [6.45, 7) is 17.9. The molecule has 0 heterocycles. The SMILES string of the molecule is CC(C)(C)[NH][Zr]([NH]C(C)(C)C)([NH]C(C)(C)C)([C]1=CC=CC1)[GeH]([F])[F]. The first kappa shape index (κ1) is 22.7. The topological polar surface area (TPSA) is 36.1 Å². The van der Waals surface area contributed by atoms with Crippen molar-refractivity contribution in [2.45, 2.75) is 85.4 Å². The Morgan fingerprint density at radius 1 is 0.833 bits per heavy atom. The van der Waals surface area contributed by atoms with Crippen LogP contribution in [0, 0.1) is 0 Å². The molecule has 1 aliphatic rings. The van der Waals surface area contributed by atoms with Gasteiger partial charge in [0.2, 0.25) is 0 Å². The van der Waals surface area contributed by atoms with Gasteiger partial charge in [0.05, 0.1) is 0 Å². The molecule has 0 bridgehead atoms. The summed E-state index contributed by atoms with van der Waals surface area (Å²) in [6.07, 6.45) is 6.45. The molecule has 3 N–H and O–H groups in total. The van der Waals surface area contributed by atoms with Gasteiger partial charge in [-0.1, -0.05) is 0 Å². The Hall–Kier alpha value is 0.646. The van der Waals surface area contributed by atoms with Crippen LogP contribution in [0.3, 0.4) is 0 Å². The van der Waals surface area contributed by atoms with Crippen LogP contribution in [0.25, 0.3) is 0 Å². The molecule has 1 rings (SSSR count). The van der Waals surface area contributed by atoms with E-state index in [-0.39, 0.29) is 0 Å². The third-order valence-corrected chi connectivity index (χ3v) is 40.3. The van der Waals surface area contributed by atoms with Crippen molar-refractivity contribution in [1.82, 2.24) is 9.78 Å². The molecule has 0 aromatic rings. The van der Waals surface area contributed by atoms with Crippen LogP contribution >= 0.6 is 0 Å². The Bertz CT molecular complexity index is 482. The van der Waals surface area contributed by atoms with E-state index in [0.29, 0.717) is 6.42 Å². The Morgan fingerprint density at radius 3 is 1.42 bits per heavy atom. The Morgan fingerprint density at radius 2 is 1.21 bits per heavy atom. The maximum absolute atomic E-state index is 15.3. The van der Waals surface area contributed by atoms with Crippen LogP contribution in [-0.4, -0.2) is 28.1 Å². The molecule has 0 radical (unpaired) electrons. The van der Waals surface area contributed by atoms with Crippen molar-refractivity contribution < 1.29 is 24.1 Å². The van der Waals surface area contributed by atoms with Gasteiger partial charge < -0.3 is 0 Å². The monoisotopic (exact) mass is 484 g/mol. The minimum absolute atomic E-state index is 0.410. The molecule has 24 heavy (non-hydrogen) atoms. The summed E-state index contributed by atoms with van der Waals surface area (Å²) in [5.41, 5.74) is -1.23. The van der Waals surface area contributed by atoms with E-state index in [1.54, 1.807) is 0 Å². The summed E-state index contributed by atoms with van der Waals surface area (Å²) < 4.78 is 42.1. The second-order valence-corrected chi connectivity index (χ2v) is 41.2. The van der Waals surface area contributed by atoms with Crippen molar-refractivity contribution in [2.75, 3.05) is 0 Å². The van der Waals surface area contributed by atoms with Crippen LogP contribution in [-0.2, 0) is 17.1 Å². The zero-order valence-corrected chi connectivity index (χ0v) is 21.7. The Kier molecular flexibility index (Phi) is 6.61. The van der Waals surface area contributed by atoms with Gasteiger partial charge in [-0.2, -0.15) is 0 Å². The van der Waals surface area contributed by atoms with E-state index >= 15 is 7.00 Å². The van der Waals surface area contributed by atoms with E-state index < -0.39 is 45.2 Å². The molecule has 0 amide bonds. The van der Waals surface area contributed by atoms with E-state index in [9.17, 15) is 0 Å². The molecule has 1 aliphatic carbocycles. The minimum atomic E-state index is -5.18. The third kappa shape index (κ3) is 5.32. The summed E-state index contributed by atoms with van der Waals surface area (Å²) in [5.74, 6) is 0.